The number of nitrogens with zero attached hydrogens (tertiary/aromatic N) is 3. The van der Waals surface area contributed by atoms with Crippen molar-refractivity contribution >= 4 is 40.8 Å². The van der Waals surface area contributed by atoms with E-state index in [1.54, 1.807) is 18.2 Å². The first-order valence-corrected chi connectivity index (χ1v) is 8.72. The molecule has 148 valence electrons. The van der Waals surface area contributed by atoms with Crippen LogP contribution >= 0.6 is 11.6 Å². The van der Waals surface area contributed by atoms with Gasteiger partial charge in [-0.15, -0.1) is 16.7 Å². The number of non-ortho nitro benzene ring substituents is 1. The minimum Gasteiger partial charge on any atom is -0.403 e. The number of carbonyl (C=O) groups excluding carboxylic acids is 2. The van der Waals surface area contributed by atoms with Crippen molar-refractivity contribution in [2.75, 3.05) is 10.6 Å². The van der Waals surface area contributed by atoms with Gasteiger partial charge in [-0.05, 0) is 37.3 Å². The molecule has 0 aliphatic rings. The topological polar surface area (TPSA) is 140 Å². The van der Waals surface area contributed by atoms with Crippen LogP contribution in [0.4, 0.5) is 17.4 Å². The van der Waals surface area contributed by atoms with Crippen LogP contribution in [0.2, 0.25) is 0 Å². The Balaban J connectivity index is 1.70. The van der Waals surface area contributed by atoms with Crippen LogP contribution in [0, 0.1) is 10.1 Å². The van der Waals surface area contributed by atoms with E-state index in [0.29, 0.717) is 11.3 Å². The number of amides is 2. The second kappa shape index (κ2) is 8.48. The highest BCUT2D eigenvalue weighted by atomic mass is 35.5. The quantitative estimate of drug-likeness (QED) is 0.356. The number of nitro groups is 1. The van der Waals surface area contributed by atoms with Crippen LogP contribution in [0.1, 0.15) is 17.3 Å². The molecule has 0 aliphatic carbocycles. The Morgan fingerprint density at radius 3 is 2.52 bits per heavy atom. The lowest BCUT2D eigenvalue weighted by Crippen LogP contribution is -2.20. The van der Waals surface area contributed by atoms with Gasteiger partial charge in [-0.1, -0.05) is 11.2 Å². The van der Waals surface area contributed by atoms with Gasteiger partial charge in [0.2, 0.25) is 11.8 Å². The van der Waals surface area contributed by atoms with Crippen LogP contribution in [0.3, 0.4) is 0 Å². The molecule has 0 bridgehead atoms. The van der Waals surface area contributed by atoms with Gasteiger partial charge in [-0.25, -0.2) is 0 Å². The van der Waals surface area contributed by atoms with Gasteiger partial charge in [0.15, 0.2) is 0 Å². The van der Waals surface area contributed by atoms with Crippen molar-refractivity contribution in [3.8, 4) is 11.5 Å². The molecule has 1 aromatic heterocycles. The normalized spacial score (nSPS) is 11.5. The van der Waals surface area contributed by atoms with E-state index in [4.69, 9.17) is 16.0 Å². The lowest BCUT2D eigenvalue weighted by molar-refractivity contribution is -0.384. The number of nitrogens with one attached hydrogen (secondary N) is 2. The summed E-state index contributed by atoms with van der Waals surface area (Å²) in [5.74, 6) is -0.833. The molecular formula is C18H14ClN5O5. The summed E-state index contributed by atoms with van der Waals surface area (Å²) < 4.78 is 5.38. The number of hydrogen-bond donors (Lipinski definition) is 2. The molecule has 2 N–H and O–H groups in total. The Labute approximate surface area is 169 Å². The van der Waals surface area contributed by atoms with Gasteiger partial charge in [0.25, 0.3) is 11.6 Å². The number of alkyl halides is 1. The Morgan fingerprint density at radius 2 is 1.86 bits per heavy atom. The summed E-state index contributed by atoms with van der Waals surface area (Å²) in [6, 6.07) is 11.6. The maximum atomic E-state index is 12.4. The average molecular weight is 416 g/mol. The fourth-order valence-corrected chi connectivity index (χ4v) is 2.32. The lowest BCUT2D eigenvalue weighted by Gasteiger charge is -2.08. The SMILES string of the molecule is C[C@H](Cl)C(=O)Nc1cccc(C(=O)Nc2nnc(-c3ccc([N+](=O)[O-])cc3)o2)c1. The van der Waals surface area contributed by atoms with Crippen LogP contribution in [-0.2, 0) is 4.79 Å². The fraction of sp³-hybridized carbons (Fsp3) is 0.111. The third-order valence-electron chi connectivity index (χ3n) is 3.72. The van der Waals surface area contributed by atoms with Gasteiger partial charge in [-0.3, -0.25) is 25.0 Å². The summed E-state index contributed by atoms with van der Waals surface area (Å²) >= 11 is 5.71. The van der Waals surface area contributed by atoms with E-state index in [2.05, 4.69) is 20.8 Å². The molecule has 3 rings (SSSR count). The Kier molecular flexibility index (Phi) is 5.84. The molecule has 0 spiro atoms. The Bertz CT molecular complexity index is 1060. The van der Waals surface area contributed by atoms with E-state index >= 15 is 0 Å². The van der Waals surface area contributed by atoms with Crippen molar-refractivity contribution in [2.24, 2.45) is 0 Å². The number of anilines is 2. The maximum Gasteiger partial charge on any atom is 0.322 e. The molecule has 0 fully saturated rings. The summed E-state index contributed by atoms with van der Waals surface area (Å²) in [5, 5.41) is 22.6. The lowest BCUT2D eigenvalue weighted by atomic mass is 10.2. The van der Waals surface area contributed by atoms with Crippen molar-refractivity contribution in [1.82, 2.24) is 10.2 Å². The molecule has 2 aromatic carbocycles. The second-order valence-electron chi connectivity index (χ2n) is 5.86. The average Bonchev–Trinajstić information content (AvgIpc) is 3.16. The first-order valence-electron chi connectivity index (χ1n) is 8.28. The summed E-state index contributed by atoms with van der Waals surface area (Å²) in [6.07, 6.45) is 0. The molecule has 0 aliphatic heterocycles. The number of nitro benzene ring substituents is 1. The van der Waals surface area contributed by atoms with Crippen LogP contribution in [0.15, 0.2) is 52.9 Å². The Hall–Kier alpha value is -3.79. The summed E-state index contributed by atoms with van der Waals surface area (Å²) in [7, 11) is 0. The number of halogens is 1. The van der Waals surface area contributed by atoms with Crippen molar-refractivity contribution < 1.29 is 18.9 Å². The molecule has 0 radical (unpaired) electrons. The van der Waals surface area contributed by atoms with E-state index in [1.807, 2.05) is 0 Å². The molecule has 1 heterocycles. The van der Waals surface area contributed by atoms with Crippen molar-refractivity contribution in [1.29, 1.82) is 0 Å². The van der Waals surface area contributed by atoms with Crippen LogP contribution in [-0.4, -0.2) is 32.3 Å². The van der Waals surface area contributed by atoms with Crippen molar-refractivity contribution in [3.05, 3.63) is 64.2 Å². The largest absolute Gasteiger partial charge is 0.403 e. The standard InChI is InChI=1S/C18H14ClN5O5/c1-10(19)15(25)20-13-4-2-3-12(9-13)16(26)21-18-23-22-17(29-18)11-5-7-14(8-6-11)24(27)28/h2-10H,1H3,(H,20,25)(H,21,23,26)/t10-/m0/s1. The van der Waals surface area contributed by atoms with E-state index in [-0.39, 0.29) is 23.2 Å². The number of carbonyl (C=O) groups is 2. The predicted octanol–water partition coefficient (Wildman–Crippen LogP) is 3.46. The highest BCUT2D eigenvalue weighted by Gasteiger charge is 2.15. The third-order valence-corrected chi connectivity index (χ3v) is 3.92. The molecule has 3 aromatic rings. The van der Waals surface area contributed by atoms with E-state index in [0.717, 1.165) is 0 Å². The van der Waals surface area contributed by atoms with E-state index < -0.39 is 22.1 Å². The monoisotopic (exact) mass is 415 g/mol. The van der Waals surface area contributed by atoms with E-state index in [1.165, 1.54) is 37.3 Å². The molecule has 0 unspecified atom stereocenters. The predicted molar refractivity (Wildman–Crippen MR) is 105 cm³/mol. The highest BCUT2D eigenvalue weighted by molar-refractivity contribution is 6.32. The number of rotatable bonds is 6. The van der Waals surface area contributed by atoms with Crippen LogP contribution in [0.5, 0.6) is 0 Å². The second-order valence-corrected chi connectivity index (χ2v) is 6.51. The summed E-state index contributed by atoms with van der Waals surface area (Å²) in [4.78, 5) is 34.2. The summed E-state index contributed by atoms with van der Waals surface area (Å²) in [5.41, 5.74) is 1.05. The molecule has 0 saturated carbocycles. The highest BCUT2D eigenvalue weighted by Crippen LogP contribution is 2.23. The molecule has 1 atom stereocenters. The minimum absolute atomic E-state index is 0.0719. The first kappa shape index (κ1) is 20.0. The molecule has 11 heteroatoms. The smallest absolute Gasteiger partial charge is 0.322 e. The van der Waals surface area contributed by atoms with Gasteiger partial charge < -0.3 is 9.73 Å². The zero-order valence-electron chi connectivity index (χ0n) is 15.0. The Morgan fingerprint density at radius 1 is 1.14 bits per heavy atom. The van der Waals surface area contributed by atoms with Crippen LogP contribution < -0.4 is 10.6 Å². The van der Waals surface area contributed by atoms with Gasteiger partial charge in [-0.2, -0.15) is 0 Å². The zero-order chi connectivity index (χ0) is 21.0. The van der Waals surface area contributed by atoms with Crippen LogP contribution in [0.25, 0.3) is 11.5 Å². The zero-order valence-corrected chi connectivity index (χ0v) is 15.7. The number of hydrogen-bond acceptors (Lipinski definition) is 7. The molecule has 29 heavy (non-hydrogen) atoms. The molecule has 0 saturated heterocycles. The minimum atomic E-state index is -0.719. The summed E-state index contributed by atoms with van der Waals surface area (Å²) in [6.45, 7) is 1.53. The molecular weight excluding hydrogens is 402 g/mol. The van der Waals surface area contributed by atoms with Crippen molar-refractivity contribution in [2.45, 2.75) is 12.3 Å². The number of aromatic nitrogens is 2. The molecule has 10 nitrogen and oxygen atoms in total. The fourth-order valence-electron chi connectivity index (χ4n) is 2.27. The number of benzene rings is 2. The van der Waals surface area contributed by atoms with E-state index in [9.17, 15) is 19.7 Å². The van der Waals surface area contributed by atoms with Gasteiger partial charge in [0.05, 0.1) is 4.92 Å². The van der Waals surface area contributed by atoms with Crippen molar-refractivity contribution in [3.63, 3.8) is 0 Å². The van der Waals surface area contributed by atoms with Gasteiger partial charge in [0, 0.05) is 28.9 Å². The van der Waals surface area contributed by atoms with Gasteiger partial charge >= 0.3 is 6.01 Å². The third kappa shape index (κ3) is 4.93. The maximum absolute atomic E-state index is 12.4. The van der Waals surface area contributed by atoms with Gasteiger partial charge in [0.1, 0.15) is 5.38 Å². The molecule has 2 amide bonds. The first-order chi connectivity index (χ1) is 13.8.